The number of benzene rings is 2. The van der Waals surface area contributed by atoms with Gasteiger partial charge in [-0.3, -0.25) is 9.59 Å². The molecule has 0 N–H and O–H groups in total. The predicted molar refractivity (Wildman–Crippen MR) is 126 cm³/mol. The van der Waals surface area contributed by atoms with Gasteiger partial charge in [0.05, 0.1) is 5.56 Å². The van der Waals surface area contributed by atoms with Gasteiger partial charge >= 0.3 is 5.97 Å². The molecule has 0 saturated heterocycles. The predicted octanol–water partition coefficient (Wildman–Crippen LogP) is 7.28. The number of fused-ring (bicyclic) bond motifs is 1. The Balaban J connectivity index is 1.48. The minimum atomic E-state index is -0.274. The van der Waals surface area contributed by atoms with Gasteiger partial charge in [-0.25, -0.2) is 0 Å². The Bertz CT molecular complexity index is 960. The summed E-state index contributed by atoms with van der Waals surface area (Å²) in [6, 6.07) is 12.5. The van der Waals surface area contributed by atoms with Gasteiger partial charge in [-0.05, 0) is 61.2 Å². The Morgan fingerprint density at radius 1 is 1.00 bits per heavy atom. The molecule has 162 valence electrons. The molecule has 2 aromatic carbocycles. The highest BCUT2D eigenvalue weighted by molar-refractivity contribution is 9.10. The number of Topliss-reactive ketones (excluding diaryl/α,β-unsaturated/α-hetero) is 1. The van der Waals surface area contributed by atoms with Crippen molar-refractivity contribution in [1.29, 1.82) is 0 Å². The molecule has 0 bridgehead atoms. The smallest absolute Gasteiger partial charge is 0.311 e. The normalized spacial score (nSPS) is 13.7. The molecule has 0 radical (unpaired) electrons. The minimum Gasteiger partial charge on any atom is -0.452 e. The van der Waals surface area contributed by atoms with Crippen molar-refractivity contribution < 1.29 is 19.1 Å². The number of hydrogen-bond donors (Lipinski definition) is 0. The first-order valence-electron chi connectivity index (χ1n) is 10.7. The summed E-state index contributed by atoms with van der Waals surface area (Å²) in [6.45, 7) is 3.73. The highest BCUT2D eigenvalue weighted by Gasteiger charge is 2.28. The highest BCUT2D eigenvalue weighted by atomic mass is 79.9. The molecule has 0 amide bonds. The van der Waals surface area contributed by atoms with Crippen molar-refractivity contribution in [2.24, 2.45) is 0 Å². The standard InChI is InChI=1S/C26H27BrO4/c1-2-3-4-5-6-7-8-9-10-25(28)30-21-15-16-23-22(18-21)26(29)24(31-23)17-19-11-13-20(27)14-12-19/h2,11-18H,1,3-10H2/b24-17-. The Morgan fingerprint density at radius 2 is 1.71 bits per heavy atom. The van der Waals surface area contributed by atoms with Crippen LogP contribution >= 0.6 is 15.9 Å². The van der Waals surface area contributed by atoms with Crippen LogP contribution in [0.15, 0.2) is 65.4 Å². The molecule has 0 spiro atoms. The summed E-state index contributed by atoms with van der Waals surface area (Å²) in [5.74, 6) is 0.615. The van der Waals surface area contributed by atoms with Gasteiger partial charge in [-0.15, -0.1) is 6.58 Å². The van der Waals surface area contributed by atoms with Crippen LogP contribution in [0.5, 0.6) is 11.5 Å². The fraction of sp³-hybridized carbons (Fsp3) is 0.308. The molecule has 1 aliphatic rings. The number of carbonyl (C=O) groups is 2. The summed E-state index contributed by atoms with van der Waals surface area (Å²) >= 11 is 3.39. The third kappa shape index (κ3) is 6.93. The van der Waals surface area contributed by atoms with E-state index in [4.69, 9.17) is 9.47 Å². The van der Waals surface area contributed by atoms with Crippen LogP contribution in [0.1, 0.15) is 67.3 Å². The quantitative estimate of drug-likeness (QED) is 0.111. The van der Waals surface area contributed by atoms with E-state index in [1.54, 1.807) is 24.3 Å². The van der Waals surface area contributed by atoms with E-state index in [0.717, 1.165) is 35.7 Å². The van der Waals surface area contributed by atoms with E-state index in [2.05, 4.69) is 22.5 Å². The second kappa shape index (κ2) is 11.7. The highest BCUT2D eigenvalue weighted by Crippen LogP contribution is 2.34. The molecular formula is C26H27BrO4. The summed E-state index contributed by atoms with van der Waals surface area (Å²) in [5, 5.41) is 0. The van der Waals surface area contributed by atoms with E-state index in [-0.39, 0.29) is 17.5 Å². The number of allylic oxidation sites excluding steroid dienone is 2. The number of unbranched alkanes of at least 4 members (excludes halogenated alkanes) is 6. The molecule has 5 heteroatoms. The number of hydrogen-bond acceptors (Lipinski definition) is 4. The summed E-state index contributed by atoms with van der Waals surface area (Å²) < 4.78 is 12.1. The van der Waals surface area contributed by atoms with Gasteiger partial charge in [-0.1, -0.05) is 59.8 Å². The molecule has 3 rings (SSSR count). The van der Waals surface area contributed by atoms with Gasteiger partial charge in [0.25, 0.3) is 0 Å². The summed E-state index contributed by atoms with van der Waals surface area (Å²) in [7, 11) is 0. The van der Waals surface area contributed by atoms with Gasteiger partial charge in [0.15, 0.2) is 5.76 Å². The van der Waals surface area contributed by atoms with Gasteiger partial charge < -0.3 is 9.47 Å². The van der Waals surface area contributed by atoms with Crippen molar-refractivity contribution in [2.75, 3.05) is 0 Å². The zero-order chi connectivity index (χ0) is 22.1. The molecule has 4 nitrogen and oxygen atoms in total. The van der Waals surface area contributed by atoms with Gasteiger partial charge in [0.1, 0.15) is 11.5 Å². The molecule has 0 saturated carbocycles. The lowest BCUT2D eigenvalue weighted by atomic mass is 10.1. The molecule has 0 atom stereocenters. The number of halogens is 1. The lowest BCUT2D eigenvalue weighted by Crippen LogP contribution is -2.07. The SMILES string of the molecule is C=CCCCCCCCCC(=O)Oc1ccc2c(c1)C(=O)/C(=C/c1ccc(Br)cc1)O2. The van der Waals surface area contributed by atoms with Crippen molar-refractivity contribution >= 4 is 33.8 Å². The van der Waals surface area contributed by atoms with Crippen LogP contribution in [0.4, 0.5) is 0 Å². The lowest BCUT2D eigenvalue weighted by Gasteiger charge is -2.05. The van der Waals surface area contributed by atoms with Crippen LogP contribution in [-0.4, -0.2) is 11.8 Å². The lowest BCUT2D eigenvalue weighted by molar-refractivity contribution is -0.134. The number of rotatable bonds is 11. The minimum absolute atomic E-state index is 0.215. The molecular weight excluding hydrogens is 456 g/mol. The molecule has 0 aliphatic carbocycles. The average Bonchev–Trinajstić information content (AvgIpc) is 3.06. The van der Waals surface area contributed by atoms with Crippen molar-refractivity contribution in [3.8, 4) is 11.5 Å². The fourth-order valence-electron chi connectivity index (χ4n) is 3.39. The van der Waals surface area contributed by atoms with Crippen molar-refractivity contribution in [3.63, 3.8) is 0 Å². The van der Waals surface area contributed by atoms with E-state index in [9.17, 15) is 9.59 Å². The molecule has 0 unspecified atom stereocenters. The summed E-state index contributed by atoms with van der Waals surface area (Å²) in [4.78, 5) is 24.8. The average molecular weight is 483 g/mol. The third-order valence-corrected chi connectivity index (χ3v) is 5.61. The van der Waals surface area contributed by atoms with Crippen LogP contribution in [0.25, 0.3) is 6.08 Å². The Kier molecular flexibility index (Phi) is 8.65. The van der Waals surface area contributed by atoms with Crippen molar-refractivity contribution in [1.82, 2.24) is 0 Å². The second-order valence-corrected chi connectivity index (χ2v) is 8.49. The molecule has 0 fully saturated rings. The number of ether oxygens (including phenoxy) is 2. The maximum absolute atomic E-state index is 12.7. The number of ketones is 1. The second-order valence-electron chi connectivity index (χ2n) is 7.57. The van der Waals surface area contributed by atoms with Crippen molar-refractivity contribution in [2.45, 2.75) is 51.4 Å². The van der Waals surface area contributed by atoms with E-state index < -0.39 is 0 Å². The molecule has 0 aromatic heterocycles. The maximum atomic E-state index is 12.7. The first kappa shape index (κ1) is 23.0. The molecule has 31 heavy (non-hydrogen) atoms. The summed E-state index contributed by atoms with van der Waals surface area (Å²) in [5.41, 5.74) is 1.28. The Hall–Kier alpha value is -2.66. The van der Waals surface area contributed by atoms with E-state index in [1.165, 1.54) is 19.3 Å². The zero-order valence-corrected chi connectivity index (χ0v) is 19.2. The Labute approximate surface area is 192 Å². The van der Waals surface area contributed by atoms with Gasteiger partial charge in [0, 0.05) is 10.9 Å². The van der Waals surface area contributed by atoms with Crippen LogP contribution in [0.2, 0.25) is 0 Å². The van der Waals surface area contributed by atoms with Crippen molar-refractivity contribution in [3.05, 3.63) is 76.5 Å². The van der Waals surface area contributed by atoms with Crippen LogP contribution < -0.4 is 9.47 Å². The largest absolute Gasteiger partial charge is 0.452 e. The van der Waals surface area contributed by atoms with Gasteiger partial charge in [-0.2, -0.15) is 0 Å². The van der Waals surface area contributed by atoms with Gasteiger partial charge in [0.2, 0.25) is 5.78 Å². The summed E-state index contributed by atoms with van der Waals surface area (Å²) in [6.07, 6.45) is 11.6. The number of carbonyl (C=O) groups excluding carboxylic acids is 2. The molecule has 1 heterocycles. The van der Waals surface area contributed by atoms with E-state index in [0.29, 0.717) is 23.5 Å². The van der Waals surface area contributed by atoms with Crippen LogP contribution in [-0.2, 0) is 4.79 Å². The molecule has 1 aliphatic heterocycles. The Morgan fingerprint density at radius 3 is 2.45 bits per heavy atom. The van der Waals surface area contributed by atoms with E-state index in [1.807, 2.05) is 30.3 Å². The molecule has 2 aromatic rings. The van der Waals surface area contributed by atoms with Crippen LogP contribution in [0, 0.1) is 0 Å². The fourth-order valence-corrected chi connectivity index (χ4v) is 3.65. The first-order valence-corrected chi connectivity index (χ1v) is 11.5. The maximum Gasteiger partial charge on any atom is 0.311 e. The first-order chi connectivity index (χ1) is 15.1. The monoisotopic (exact) mass is 482 g/mol. The number of esters is 1. The zero-order valence-electron chi connectivity index (χ0n) is 17.6. The third-order valence-electron chi connectivity index (χ3n) is 5.08. The topological polar surface area (TPSA) is 52.6 Å². The van der Waals surface area contributed by atoms with Crippen LogP contribution in [0.3, 0.4) is 0 Å². The van der Waals surface area contributed by atoms with E-state index >= 15 is 0 Å².